The van der Waals surface area contributed by atoms with Gasteiger partial charge in [0.25, 0.3) is 0 Å². The molecule has 0 aromatic heterocycles. The summed E-state index contributed by atoms with van der Waals surface area (Å²) in [6.07, 6.45) is 3.71. The smallest absolute Gasteiger partial charge is 0.0724 e. The Labute approximate surface area is 118 Å². The predicted molar refractivity (Wildman–Crippen MR) is 78.1 cm³/mol. The number of aliphatic hydroxyl groups is 1. The van der Waals surface area contributed by atoms with Crippen LogP contribution in [0.25, 0.3) is 0 Å². The second kappa shape index (κ2) is 6.55. The summed E-state index contributed by atoms with van der Waals surface area (Å²) < 4.78 is 5.59. The molecule has 1 aliphatic heterocycles. The van der Waals surface area contributed by atoms with Gasteiger partial charge in [0.1, 0.15) is 0 Å². The van der Waals surface area contributed by atoms with Gasteiger partial charge in [0.05, 0.1) is 12.2 Å². The molecule has 0 bridgehead atoms. The van der Waals surface area contributed by atoms with Gasteiger partial charge in [-0.2, -0.15) is 0 Å². The molecule has 0 amide bonds. The molecular formula is C16H31NO2. The van der Waals surface area contributed by atoms with Gasteiger partial charge in [-0.25, -0.2) is 0 Å². The van der Waals surface area contributed by atoms with Crippen LogP contribution in [0, 0.1) is 23.7 Å². The van der Waals surface area contributed by atoms with Gasteiger partial charge in [-0.05, 0) is 43.6 Å². The summed E-state index contributed by atoms with van der Waals surface area (Å²) in [6.45, 7) is 10.1. The SMILES string of the molecule is COC1CN(CC2C(C)CC(C)CC2O)CCC1C. The van der Waals surface area contributed by atoms with E-state index in [-0.39, 0.29) is 6.10 Å². The molecule has 6 atom stereocenters. The first-order valence-corrected chi connectivity index (χ1v) is 7.94. The van der Waals surface area contributed by atoms with E-state index in [0.29, 0.717) is 29.8 Å². The highest BCUT2D eigenvalue weighted by atomic mass is 16.5. The van der Waals surface area contributed by atoms with E-state index in [1.165, 1.54) is 12.8 Å². The first kappa shape index (κ1) is 15.3. The number of aliphatic hydroxyl groups excluding tert-OH is 1. The second-order valence-electron chi connectivity index (χ2n) is 7.08. The topological polar surface area (TPSA) is 32.7 Å². The average Bonchev–Trinajstić information content (AvgIpc) is 2.35. The molecule has 0 aromatic carbocycles. The minimum absolute atomic E-state index is 0.112. The predicted octanol–water partition coefficient (Wildman–Crippen LogP) is 2.39. The van der Waals surface area contributed by atoms with Crippen LogP contribution in [0.1, 0.15) is 40.0 Å². The minimum atomic E-state index is -0.112. The Kier molecular flexibility index (Phi) is 5.27. The van der Waals surface area contributed by atoms with E-state index in [4.69, 9.17) is 4.74 Å². The van der Waals surface area contributed by atoms with E-state index >= 15 is 0 Å². The molecule has 2 rings (SSSR count). The lowest BCUT2D eigenvalue weighted by molar-refractivity contribution is -0.0396. The Morgan fingerprint density at radius 3 is 2.53 bits per heavy atom. The highest BCUT2D eigenvalue weighted by Gasteiger charge is 2.35. The van der Waals surface area contributed by atoms with Gasteiger partial charge >= 0.3 is 0 Å². The van der Waals surface area contributed by atoms with Crippen LogP contribution in [0.5, 0.6) is 0 Å². The molecule has 1 N–H and O–H groups in total. The number of nitrogens with zero attached hydrogens (tertiary/aromatic N) is 1. The molecule has 2 fully saturated rings. The lowest BCUT2D eigenvalue weighted by atomic mass is 9.73. The zero-order valence-electron chi connectivity index (χ0n) is 13.0. The summed E-state index contributed by atoms with van der Waals surface area (Å²) >= 11 is 0. The maximum absolute atomic E-state index is 10.4. The molecule has 1 saturated heterocycles. The number of rotatable bonds is 3. The molecule has 3 nitrogen and oxygen atoms in total. The normalized spacial score (nSPS) is 45.3. The molecule has 1 saturated carbocycles. The van der Waals surface area contributed by atoms with Crippen molar-refractivity contribution < 1.29 is 9.84 Å². The lowest BCUT2D eigenvalue weighted by Gasteiger charge is -2.43. The van der Waals surface area contributed by atoms with Crippen LogP contribution in [-0.4, -0.2) is 49.0 Å². The minimum Gasteiger partial charge on any atom is -0.393 e. The van der Waals surface area contributed by atoms with Crippen molar-refractivity contribution in [1.29, 1.82) is 0 Å². The zero-order chi connectivity index (χ0) is 14.0. The molecule has 0 aromatic rings. The third-order valence-electron chi connectivity index (χ3n) is 5.39. The molecule has 3 heteroatoms. The fourth-order valence-electron chi connectivity index (χ4n) is 4.04. The van der Waals surface area contributed by atoms with Crippen molar-refractivity contribution in [2.24, 2.45) is 23.7 Å². The highest BCUT2D eigenvalue weighted by Crippen LogP contribution is 2.35. The van der Waals surface area contributed by atoms with Crippen molar-refractivity contribution >= 4 is 0 Å². The number of hydrogen-bond acceptors (Lipinski definition) is 3. The first-order valence-electron chi connectivity index (χ1n) is 7.94. The molecule has 1 heterocycles. The fraction of sp³-hybridized carbons (Fsp3) is 1.00. The Balaban J connectivity index is 1.89. The molecular weight excluding hydrogens is 238 g/mol. The summed E-state index contributed by atoms with van der Waals surface area (Å²) in [5.74, 6) is 2.42. The van der Waals surface area contributed by atoms with Crippen molar-refractivity contribution in [1.82, 2.24) is 4.90 Å². The van der Waals surface area contributed by atoms with Crippen molar-refractivity contribution in [2.75, 3.05) is 26.7 Å². The van der Waals surface area contributed by atoms with Crippen LogP contribution in [0.15, 0.2) is 0 Å². The molecule has 2 aliphatic rings. The maximum atomic E-state index is 10.4. The number of ether oxygens (including phenoxy) is 1. The van der Waals surface area contributed by atoms with Crippen molar-refractivity contribution in [2.45, 2.75) is 52.2 Å². The Hall–Kier alpha value is -0.120. The van der Waals surface area contributed by atoms with Crippen molar-refractivity contribution in [3.05, 3.63) is 0 Å². The van der Waals surface area contributed by atoms with E-state index in [0.717, 1.165) is 26.1 Å². The lowest BCUT2D eigenvalue weighted by Crippen LogP contribution is -2.49. The first-order chi connectivity index (χ1) is 9.01. The van der Waals surface area contributed by atoms with Crippen LogP contribution in [0.2, 0.25) is 0 Å². The molecule has 0 spiro atoms. The summed E-state index contributed by atoms with van der Waals surface area (Å²) in [5, 5.41) is 10.4. The van der Waals surface area contributed by atoms with E-state index in [9.17, 15) is 5.11 Å². The largest absolute Gasteiger partial charge is 0.393 e. The highest BCUT2D eigenvalue weighted by molar-refractivity contribution is 4.87. The van der Waals surface area contributed by atoms with E-state index in [1.54, 1.807) is 0 Å². The van der Waals surface area contributed by atoms with Crippen LogP contribution in [-0.2, 0) is 4.74 Å². The molecule has 19 heavy (non-hydrogen) atoms. The van der Waals surface area contributed by atoms with Gasteiger partial charge in [0.2, 0.25) is 0 Å². The summed E-state index contributed by atoms with van der Waals surface area (Å²) in [6, 6.07) is 0. The third-order valence-corrected chi connectivity index (χ3v) is 5.39. The van der Waals surface area contributed by atoms with Gasteiger partial charge in [0, 0.05) is 26.1 Å². The standard InChI is InChI=1S/C16H31NO2/c1-11-7-13(3)14(15(18)8-11)9-17-6-5-12(2)16(10-17)19-4/h11-16,18H,5-10H2,1-4H3. The van der Waals surface area contributed by atoms with Crippen molar-refractivity contribution in [3.63, 3.8) is 0 Å². The van der Waals surface area contributed by atoms with Gasteiger partial charge in [-0.1, -0.05) is 20.8 Å². The summed E-state index contributed by atoms with van der Waals surface area (Å²) in [7, 11) is 1.82. The van der Waals surface area contributed by atoms with Gasteiger partial charge < -0.3 is 14.7 Å². The number of methoxy groups -OCH3 is 1. The zero-order valence-corrected chi connectivity index (χ0v) is 13.0. The van der Waals surface area contributed by atoms with E-state index in [1.807, 2.05) is 7.11 Å². The van der Waals surface area contributed by atoms with Crippen molar-refractivity contribution in [3.8, 4) is 0 Å². The van der Waals surface area contributed by atoms with E-state index < -0.39 is 0 Å². The Bertz CT molecular complexity index is 272. The monoisotopic (exact) mass is 269 g/mol. The summed E-state index contributed by atoms with van der Waals surface area (Å²) in [4.78, 5) is 2.51. The Morgan fingerprint density at radius 1 is 1.16 bits per heavy atom. The van der Waals surface area contributed by atoms with Gasteiger partial charge in [0.15, 0.2) is 0 Å². The fourth-order valence-corrected chi connectivity index (χ4v) is 4.04. The third kappa shape index (κ3) is 3.71. The average molecular weight is 269 g/mol. The van der Waals surface area contributed by atoms with Crippen LogP contribution < -0.4 is 0 Å². The number of piperidine rings is 1. The van der Waals surface area contributed by atoms with Gasteiger partial charge in [-0.3, -0.25) is 0 Å². The Morgan fingerprint density at radius 2 is 1.89 bits per heavy atom. The quantitative estimate of drug-likeness (QED) is 0.854. The number of likely N-dealkylation sites (tertiary alicyclic amines) is 1. The van der Waals surface area contributed by atoms with Crippen LogP contribution in [0.3, 0.4) is 0 Å². The second-order valence-corrected chi connectivity index (χ2v) is 7.08. The maximum Gasteiger partial charge on any atom is 0.0724 e. The van der Waals surface area contributed by atoms with Gasteiger partial charge in [-0.15, -0.1) is 0 Å². The molecule has 112 valence electrons. The molecule has 1 aliphatic carbocycles. The van der Waals surface area contributed by atoms with Crippen LogP contribution in [0.4, 0.5) is 0 Å². The van der Waals surface area contributed by atoms with Crippen LogP contribution >= 0.6 is 0 Å². The number of hydrogen-bond donors (Lipinski definition) is 1. The molecule has 0 radical (unpaired) electrons. The summed E-state index contributed by atoms with van der Waals surface area (Å²) in [5.41, 5.74) is 0. The molecule has 6 unspecified atom stereocenters. The van der Waals surface area contributed by atoms with E-state index in [2.05, 4.69) is 25.7 Å².